The van der Waals surface area contributed by atoms with Crippen molar-refractivity contribution in [2.75, 3.05) is 14.2 Å². The Morgan fingerprint density at radius 3 is 2.08 bits per heavy atom. The number of rotatable bonds is 7. The first-order valence-electron chi connectivity index (χ1n) is 8.54. The molecule has 0 amide bonds. The number of ether oxygens (including phenoxy) is 2. The van der Waals surface area contributed by atoms with Crippen molar-refractivity contribution < 1.29 is 17.9 Å². The second-order valence-corrected chi connectivity index (χ2v) is 8.31. The molecule has 142 valence electrons. The summed E-state index contributed by atoms with van der Waals surface area (Å²) in [5.41, 5.74) is 2.39. The first-order chi connectivity index (χ1) is 12.2. The van der Waals surface area contributed by atoms with Crippen molar-refractivity contribution in [2.45, 2.75) is 44.6 Å². The lowest BCUT2D eigenvalue weighted by Crippen LogP contribution is -2.27. The lowest BCUT2D eigenvalue weighted by Gasteiger charge is -2.19. The minimum absolute atomic E-state index is 0.151. The van der Waals surface area contributed by atoms with E-state index in [0.717, 1.165) is 16.9 Å². The summed E-state index contributed by atoms with van der Waals surface area (Å²) >= 11 is 0. The number of nitrogens with one attached hydrogen (secondary N) is 1. The van der Waals surface area contributed by atoms with Gasteiger partial charge in [-0.3, -0.25) is 0 Å². The van der Waals surface area contributed by atoms with Crippen molar-refractivity contribution >= 4 is 10.0 Å². The molecular formula is C20H27NO4S. The summed E-state index contributed by atoms with van der Waals surface area (Å²) in [4.78, 5) is 0.280. The van der Waals surface area contributed by atoms with Crippen molar-refractivity contribution in [3.05, 3.63) is 53.1 Å². The molecule has 1 N–H and O–H groups in total. The molecule has 6 heteroatoms. The second kappa shape index (κ2) is 8.10. The zero-order valence-electron chi connectivity index (χ0n) is 16.2. The highest BCUT2D eigenvalue weighted by atomic mass is 32.2. The molecular weight excluding hydrogens is 350 g/mol. The van der Waals surface area contributed by atoms with Crippen molar-refractivity contribution in [1.29, 1.82) is 0 Å². The first kappa shape index (κ1) is 20.3. The number of aryl methyl sites for hydroxylation is 1. The predicted octanol–water partition coefficient (Wildman–Crippen LogP) is 4.18. The molecule has 0 spiro atoms. The van der Waals surface area contributed by atoms with Crippen molar-refractivity contribution in [1.82, 2.24) is 4.72 Å². The van der Waals surface area contributed by atoms with E-state index in [1.807, 2.05) is 45.0 Å². The minimum Gasteiger partial charge on any atom is -0.497 e. The summed E-state index contributed by atoms with van der Waals surface area (Å²) < 4.78 is 39.2. The molecule has 0 aliphatic heterocycles. The van der Waals surface area contributed by atoms with Crippen LogP contribution < -0.4 is 14.2 Å². The molecule has 0 aromatic heterocycles. The Hall–Kier alpha value is -2.05. The van der Waals surface area contributed by atoms with Gasteiger partial charge in [0, 0.05) is 6.04 Å². The van der Waals surface area contributed by atoms with Gasteiger partial charge in [-0.15, -0.1) is 0 Å². The summed E-state index contributed by atoms with van der Waals surface area (Å²) in [5, 5.41) is 0. The second-order valence-electron chi connectivity index (χ2n) is 6.63. The molecule has 2 aromatic carbocycles. The fourth-order valence-electron chi connectivity index (χ4n) is 2.85. The van der Waals surface area contributed by atoms with Gasteiger partial charge in [-0.25, -0.2) is 13.1 Å². The summed E-state index contributed by atoms with van der Waals surface area (Å²) in [5.74, 6) is 1.59. The van der Waals surface area contributed by atoms with Crippen LogP contribution in [0.2, 0.25) is 0 Å². The number of methoxy groups -OCH3 is 2. The molecule has 0 heterocycles. The molecule has 0 saturated heterocycles. The van der Waals surface area contributed by atoms with E-state index in [1.54, 1.807) is 33.3 Å². The monoisotopic (exact) mass is 377 g/mol. The summed E-state index contributed by atoms with van der Waals surface area (Å²) in [6.45, 7) is 7.62. The van der Waals surface area contributed by atoms with E-state index >= 15 is 0 Å². The third kappa shape index (κ3) is 4.37. The maximum absolute atomic E-state index is 13.0. The summed E-state index contributed by atoms with van der Waals surface area (Å²) in [6.07, 6.45) is 0. The van der Waals surface area contributed by atoms with Crippen molar-refractivity contribution in [2.24, 2.45) is 0 Å². The molecule has 0 fully saturated rings. The van der Waals surface area contributed by atoms with Crippen LogP contribution in [0, 0.1) is 6.92 Å². The molecule has 0 radical (unpaired) electrons. The topological polar surface area (TPSA) is 64.6 Å². The van der Waals surface area contributed by atoms with Gasteiger partial charge < -0.3 is 9.47 Å². The molecule has 0 bridgehead atoms. The Bertz CT molecular complexity index is 858. The van der Waals surface area contributed by atoms with Crippen LogP contribution >= 0.6 is 0 Å². The van der Waals surface area contributed by atoms with Gasteiger partial charge in [0.05, 0.1) is 19.1 Å². The number of hydrogen-bond donors (Lipinski definition) is 1. The Labute approximate surface area is 156 Å². The Morgan fingerprint density at radius 2 is 1.58 bits per heavy atom. The van der Waals surface area contributed by atoms with Crippen LogP contribution in [-0.4, -0.2) is 22.6 Å². The smallest absolute Gasteiger partial charge is 0.241 e. The van der Waals surface area contributed by atoms with E-state index in [2.05, 4.69) is 4.72 Å². The van der Waals surface area contributed by atoms with Gasteiger partial charge in [-0.05, 0) is 60.7 Å². The number of benzene rings is 2. The van der Waals surface area contributed by atoms with E-state index in [4.69, 9.17) is 9.47 Å². The Balaban J connectivity index is 2.35. The van der Waals surface area contributed by atoms with Gasteiger partial charge in [0.15, 0.2) is 0 Å². The van der Waals surface area contributed by atoms with Gasteiger partial charge in [0.2, 0.25) is 10.0 Å². The standard InChI is InChI=1S/C20H27NO4S/c1-13(2)18-12-20(14(3)11-19(18)25-6)26(22,23)21-15(4)16-7-9-17(24-5)10-8-16/h7-13,15,21H,1-6H3. The van der Waals surface area contributed by atoms with Crippen LogP contribution in [-0.2, 0) is 10.0 Å². The fourth-order valence-corrected chi connectivity index (χ4v) is 4.35. The third-order valence-electron chi connectivity index (χ3n) is 4.39. The minimum atomic E-state index is -3.67. The number of sulfonamides is 1. The first-order valence-corrected chi connectivity index (χ1v) is 10.0. The van der Waals surface area contributed by atoms with Gasteiger partial charge in [-0.2, -0.15) is 0 Å². The van der Waals surface area contributed by atoms with E-state index in [-0.39, 0.29) is 16.9 Å². The molecule has 5 nitrogen and oxygen atoms in total. The van der Waals surface area contributed by atoms with Gasteiger partial charge in [0.25, 0.3) is 0 Å². The van der Waals surface area contributed by atoms with E-state index in [9.17, 15) is 8.42 Å². The number of hydrogen-bond acceptors (Lipinski definition) is 4. The molecule has 26 heavy (non-hydrogen) atoms. The van der Waals surface area contributed by atoms with Crippen molar-refractivity contribution in [3.63, 3.8) is 0 Å². The van der Waals surface area contributed by atoms with Crippen LogP contribution in [0.5, 0.6) is 11.5 Å². The van der Waals surface area contributed by atoms with Gasteiger partial charge in [-0.1, -0.05) is 26.0 Å². The molecule has 0 aliphatic rings. The summed E-state index contributed by atoms with van der Waals surface area (Å²) in [7, 11) is -0.479. The van der Waals surface area contributed by atoms with Crippen LogP contribution in [0.1, 0.15) is 49.4 Å². The zero-order chi connectivity index (χ0) is 19.5. The van der Waals surface area contributed by atoms with Gasteiger partial charge in [0.1, 0.15) is 11.5 Å². The maximum atomic E-state index is 13.0. The summed E-state index contributed by atoms with van der Waals surface area (Å²) in [6, 6.07) is 10.5. The molecule has 1 unspecified atom stereocenters. The zero-order valence-corrected chi connectivity index (χ0v) is 17.0. The van der Waals surface area contributed by atoms with Crippen LogP contribution in [0.15, 0.2) is 41.3 Å². The lowest BCUT2D eigenvalue weighted by molar-refractivity contribution is 0.406. The van der Waals surface area contributed by atoms with Crippen molar-refractivity contribution in [3.8, 4) is 11.5 Å². The average Bonchev–Trinajstić information content (AvgIpc) is 2.60. The SMILES string of the molecule is COc1ccc(C(C)NS(=O)(=O)c2cc(C(C)C)c(OC)cc2C)cc1. The third-order valence-corrected chi connectivity index (χ3v) is 6.07. The van der Waals surface area contributed by atoms with Crippen LogP contribution in [0.25, 0.3) is 0 Å². The predicted molar refractivity (Wildman–Crippen MR) is 104 cm³/mol. The molecule has 0 aliphatic carbocycles. The lowest BCUT2D eigenvalue weighted by atomic mass is 10.0. The highest BCUT2D eigenvalue weighted by Gasteiger charge is 2.23. The average molecular weight is 378 g/mol. The Morgan fingerprint density at radius 1 is 0.962 bits per heavy atom. The van der Waals surface area contributed by atoms with Gasteiger partial charge >= 0.3 is 0 Å². The van der Waals surface area contributed by atoms with E-state index in [0.29, 0.717) is 11.3 Å². The molecule has 2 rings (SSSR count). The Kier molecular flexibility index (Phi) is 6.31. The largest absolute Gasteiger partial charge is 0.497 e. The van der Waals surface area contributed by atoms with E-state index < -0.39 is 10.0 Å². The molecule has 0 saturated carbocycles. The maximum Gasteiger partial charge on any atom is 0.241 e. The highest BCUT2D eigenvalue weighted by Crippen LogP contribution is 2.32. The van der Waals surface area contributed by atoms with E-state index in [1.165, 1.54) is 0 Å². The molecule has 1 atom stereocenters. The highest BCUT2D eigenvalue weighted by molar-refractivity contribution is 7.89. The normalized spacial score (nSPS) is 12.9. The van der Waals surface area contributed by atoms with Crippen LogP contribution in [0.3, 0.4) is 0 Å². The molecule has 2 aromatic rings. The van der Waals surface area contributed by atoms with Crippen LogP contribution in [0.4, 0.5) is 0 Å². The fraction of sp³-hybridized carbons (Fsp3) is 0.400. The quantitative estimate of drug-likeness (QED) is 0.786.